The third kappa shape index (κ3) is 6.71. The number of amides is 2. The van der Waals surface area contributed by atoms with Crippen molar-refractivity contribution >= 4 is 17.8 Å². The van der Waals surface area contributed by atoms with Crippen LogP contribution in [0.15, 0.2) is 48.5 Å². The maximum absolute atomic E-state index is 13.3. The normalized spacial score (nSPS) is 18.4. The topological polar surface area (TPSA) is 93.2 Å². The number of carbonyl (C=O) groups excluding carboxylic acids is 2. The number of rotatable bonds is 9. The monoisotopic (exact) mass is 492 g/mol. The first-order valence-corrected chi connectivity index (χ1v) is 12.8. The van der Waals surface area contributed by atoms with E-state index in [1.807, 2.05) is 55.6 Å². The van der Waals surface area contributed by atoms with Crippen LogP contribution in [0, 0.1) is 5.92 Å². The summed E-state index contributed by atoms with van der Waals surface area (Å²) in [4.78, 5) is 43.9. The Labute approximate surface area is 212 Å². The third-order valence-electron chi connectivity index (χ3n) is 7.18. The number of hydrogen-bond donors (Lipinski definition) is 2. The smallest absolute Gasteiger partial charge is 0.304 e. The minimum atomic E-state index is -0.986. The predicted octanol–water partition coefficient (Wildman–Crippen LogP) is 1.88. The number of carbonyl (C=O) groups is 3. The molecule has 2 amide bonds. The number of hydrogen-bond acceptors (Lipinski definition) is 5. The molecule has 1 saturated heterocycles. The minimum Gasteiger partial charge on any atom is -0.481 e. The first-order valence-electron chi connectivity index (χ1n) is 12.8. The number of piperazine rings is 1. The molecule has 0 spiro atoms. The summed E-state index contributed by atoms with van der Waals surface area (Å²) in [7, 11) is 1.82. The second kappa shape index (κ2) is 12.1. The molecule has 1 fully saturated rings. The lowest BCUT2D eigenvalue weighted by Crippen LogP contribution is -2.46. The number of benzene rings is 2. The first kappa shape index (κ1) is 25.9. The van der Waals surface area contributed by atoms with Crippen molar-refractivity contribution in [1.29, 1.82) is 0 Å². The van der Waals surface area contributed by atoms with Crippen LogP contribution in [0.25, 0.3) is 0 Å². The van der Waals surface area contributed by atoms with Gasteiger partial charge in [-0.2, -0.15) is 0 Å². The van der Waals surface area contributed by atoms with Gasteiger partial charge in [0.25, 0.3) is 5.91 Å². The first-order chi connectivity index (χ1) is 17.4. The fraction of sp³-hybridized carbons (Fsp3) is 0.464. The van der Waals surface area contributed by atoms with Crippen LogP contribution in [0.1, 0.15) is 33.5 Å². The van der Waals surface area contributed by atoms with Crippen molar-refractivity contribution < 1.29 is 19.5 Å². The molecule has 192 valence electrons. The van der Waals surface area contributed by atoms with Gasteiger partial charge in [0.15, 0.2) is 0 Å². The number of nitrogens with zero attached hydrogens (tertiary/aromatic N) is 3. The van der Waals surface area contributed by atoms with Gasteiger partial charge < -0.3 is 20.2 Å². The molecule has 2 aliphatic rings. The Kier molecular flexibility index (Phi) is 8.72. The molecule has 0 aliphatic carbocycles. The van der Waals surface area contributed by atoms with Gasteiger partial charge in [-0.25, -0.2) is 0 Å². The molecule has 36 heavy (non-hydrogen) atoms. The molecule has 2 heterocycles. The molecule has 8 nitrogen and oxygen atoms in total. The van der Waals surface area contributed by atoms with Gasteiger partial charge in [-0.15, -0.1) is 0 Å². The molecule has 0 aromatic heterocycles. The largest absolute Gasteiger partial charge is 0.481 e. The zero-order chi connectivity index (χ0) is 25.5. The highest BCUT2D eigenvalue weighted by molar-refractivity contribution is 5.94. The molecular formula is C28H36N4O4. The van der Waals surface area contributed by atoms with Gasteiger partial charge in [-0.05, 0) is 41.7 Å². The lowest BCUT2D eigenvalue weighted by Gasteiger charge is -2.29. The molecule has 0 radical (unpaired) electrons. The van der Waals surface area contributed by atoms with Crippen LogP contribution in [0.3, 0.4) is 0 Å². The third-order valence-corrected chi connectivity index (χ3v) is 7.18. The zero-order valence-electron chi connectivity index (χ0n) is 21.0. The highest BCUT2D eigenvalue weighted by Crippen LogP contribution is 2.27. The van der Waals surface area contributed by atoms with E-state index >= 15 is 0 Å². The molecule has 2 aromatic rings. The molecule has 1 unspecified atom stereocenters. The van der Waals surface area contributed by atoms with E-state index in [0.717, 1.165) is 49.4 Å². The minimum absolute atomic E-state index is 0.0563. The Hall–Kier alpha value is -3.23. The van der Waals surface area contributed by atoms with E-state index in [4.69, 9.17) is 0 Å². The summed E-state index contributed by atoms with van der Waals surface area (Å²) >= 11 is 0. The van der Waals surface area contributed by atoms with E-state index in [2.05, 4.69) is 10.2 Å². The standard InChI is InChI=1S/C28H36N4O4/c1-30(15-16-31-13-10-29-11-14-31)27(35)22-7-8-23-20-32(12-9-21-5-3-2-4-6-21)28(36)25(19-26(33)34)18-24(23)17-22/h2-8,17,25,29H,9-16,18-20H2,1H3,(H,33,34). The lowest BCUT2D eigenvalue weighted by atomic mass is 9.93. The summed E-state index contributed by atoms with van der Waals surface area (Å²) in [6.45, 7) is 6.34. The summed E-state index contributed by atoms with van der Waals surface area (Å²) in [5, 5.41) is 12.8. The summed E-state index contributed by atoms with van der Waals surface area (Å²) in [5.74, 6) is -1.82. The maximum atomic E-state index is 13.3. The molecular weight excluding hydrogens is 456 g/mol. The van der Waals surface area contributed by atoms with Crippen LogP contribution in [0.2, 0.25) is 0 Å². The Morgan fingerprint density at radius 1 is 1.06 bits per heavy atom. The molecule has 4 rings (SSSR count). The Morgan fingerprint density at radius 2 is 1.81 bits per heavy atom. The predicted molar refractivity (Wildman–Crippen MR) is 138 cm³/mol. The molecule has 1 atom stereocenters. The molecule has 0 saturated carbocycles. The van der Waals surface area contributed by atoms with Crippen LogP contribution < -0.4 is 5.32 Å². The van der Waals surface area contributed by atoms with Gasteiger partial charge in [0.05, 0.1) is 12.3 Å². The van der Waals surface area contributed by atoms with E-state index in [-0.39, 0.29) is 18.2 Å². The average molecular weight is 493 g/mol. The summed E-state index contributed by atoms with van der Waals surface area (Å²) in [6, 6.07) is 15.6. The van der Waals surface area contributed by atoms with E-state index in [0.29, 0.717) is 38.0 Å². The lowest BCUT2D eigenvalue weighted by molar-refractivity contribution is -0.144. The fourth-order valence-electron chi connectivity index (χ4n) is 5.01. The number of carboxylic acids is 1. The molecule has 0 bridgehead atoms. The van der Waals surface area contributed by atoms with Gasteiger partial charge in [0.2, 0.25) is 5.91 Å². The van der Waals surface area contributed by atoms with Crippen molar-refractivity contribution in [2.45, 2.75) is 25.8 Å². The van der Waals surface area contributed by atoms with E-state index in [1.165, 1.54) is 0 Å². The highest BCUT2D eigenvalue weighted by atomic mass is 16.4. The van der Waals surface area contributed by atoms with E-state index in [1.54, 1.807) is 9.80 Å². The SMILES string of the molecule is CN(CCN1CCNCC1)C(=O)c1ccc2c(c1)CC(CC(=O)O)C(=O)N(CCc1ccccc1)C2. The summed E-state index contributed by atoms with van der Waals surface area (Å²) < 4.78 is 0. The number of fused-ring (bicyclic) bond motifs is 1. The second-order valence-corrected chi connectivity index (χ2v) is 9.80. The maximum Gasteiger partial charge on any atom is 0.304 e. The van der Waals surface area contributed by atoms with Crippen LogP contribution >= 0.6 is 0 Å². The molecule has 2 aromatic carbocycles. The Balaban J connectivity index is 1.48. The Morgan fingerprint density at radius 3 is 2.53 bits per heavy atom. The summed E-state index contributed by atoms with van der Waals surface area (Å²) in [5.41, 5.74) is 3.58. The van der Waals surface area contributed by atoms with Gasteiger partial charge in [0, 0.05) is 65.0 Å². The molecule has 2 aliphatic heterocycles. The number of carboxylic acid groups (broad SMARTS) is 1. The second-order valence-electron chi connectivity index (χ2n) is 9.80. The van der Waals surface area contributed by atoms with Crippen molar-refractivity contribution in [1.82, 2.24) is 20.0 Å². The number of likely N-dealkylation sites (N-methyl/N-ethyl adjacent to an activating group) is 1. The van der Waals surface area contributed by atoms with Crippen LogP contribution in [-0.4, -0.2) is 90.5 Å². The van der Waals surface area contributed by atoms with Crippen molar-refractivity contribution in [2.75, 3.05) is 52.9 Å². The van der Waals surface area contributed by atoms with E-state index in [9.17, 15) is 19.5 Å². The number of nitrogens with one attached hydrogen (secondary N) is 1. The van der Waals surface area contributed by atoms with Gasteiger partial charge in [-0.1, -0.05) is 36.4 Å². The number of aliphatic carboxylic acids is 1. The van der Waals surface area contributed by atoms with Crippen molar-refractivity contribution in [3.05, 3.63) is 70.8 Å². The van der Waals surface area contributed by atoms with Crippen molar-refractivity contribution in [3.63, 3.8) is 0 Å². The van der Waals surface area contributed by atoms with Crippen LogP contribution in [-0.2, 0) is 29.0 Å². The quantitative estimate of drug-likeness (QED) is 0.555. The van der Waals surface area contributed by atoms with Gasteiger partial charge in [-0.3, -0.25) is 19.3 Å². The van der Waals surface area contributed by atoms with Gasteiger partial charge >= 0.3 is 5.97 Å². The molecule has 2 N–H and O–H groups in total. The molecule has 8 heteroatoms. The Bertz CT molecular complexity index is 1070. The van der Waals surface area contributed by atoms with Gasteiger partial charge in [0.1, 0.15) is 0 Å². The highest BCUT2D eigenvalue weighted by Gasteiger charge is 2.31. The fourth-order valence-corrected chi connectivity index (χ4v) is 5.01. The van der Waals surface area contributed by atoms with Crippen LogP contribution in [0.4, 0.5) is 0 Å². The van der Waals surface area contributed by atoms with Crippen LogP contribution in [0.5, 0.6) is 0 Å². The summed E-state index contributed by atoms with van der Waals surface area (Å²) in [6.07, 6.45) is 0.812. The average Bonchev–Trinajstić information content (AvgIpc) is 3.02. The van der Waals surface area contributed by atoms with E-state index < -0.39 is 11.9 Å². The zero-order valence-corrected chi connectivity index (χ0v) is 21.0. The van der Waals surface area contributed by atoms with Crippen molar-refractivity contribution in [2.24, 2.45) is 5.92 Å². The van der Waals surface area contributed by atoms with Crippen molar-refractivity contribution in [3.8, 4) is 0 Å².